The second kappa shape index (κ2) is 7.79. The molecule has 1 amide bonds. The Labute approximate surface area is 118 Å². The number of carbonyl (C=O) groups excluding carboxylic acids is 3. The van der Waals surface area contributed by atoms with Crippen LogP contribution in [0.1, 0.15) is 23.8 Å². The van der Waals surface area contributed by atoms with Crippen molar-refractivity contribution in [3.63, 3.8) is 0 Å². The second-order valence-electron chi connectivity index (χ2n) is 3.80. The van der Waals surface area contributed by atoms with Gasteiger partial charge in [0.1, 0.15) is 0 Å². The molecule has 1 unspecified atom stereocenters. The zero-order valence-electron chi connectivity index (χ0n) is 11.1. The first-order valence-electron chi connectivity index (χ1n) is 5.78. The van der Waals surface area contributed by atoms with Crippen LogP contribution in [0.3, 0.4) is 0 Å². The van der Waals surface area contributed by atoms with E-state index in [-0.39, 0.29) is 18.7 Å². The lowest BCUT2D eigenvalue weighted by Gasteiger charge is -2.10. The molecule has 0 bridgehead atoms. The topological polar surface area (TPSA) is 153 Å². The number of aromatic nitrogens is 3. The van der Waals surface area contributed by atoms with Crippen molar-refractivity contribution in [3.8, 4) is 0 Å². The molecule has 0 aromatic carbocycles. The molecule has 0 aliphatic carbocycles. The molecule has 0 saturated carbocycles. The Morgan fingerprint density at radius 3 is 2.71 bits per heavy atom. The number of hydrogen-bond donors (Lipinski definition) is 3. The van der Waals surface area contributed by atoms with E-state index in [0.29, 0.717) is 4.85 Å². The lowest BCUT2D eigenvalue weighted by atomic mass is 10.2. The Kier molecular flexibility index (Phi) is 6.07. The lowest BCUT2D eigenvalue weighted by Crippen LogP contribution is -2.31. The molecule has 0 aliphatic rings. The molecule has 3 N–H and O–H groups in total. The minimum absolute atomic E-state index is 0.0407. The Bertz CT molecular complexity index is 515. The third-order valence-corrected chi connectivity index (χ3v) is 2.15. The van der Waals surface area contributed by atoms with E-state index in [4.69, 9.17) is 5.21 Å². The molecule has 21 heavy (non-hydrogen) atoms. The lowest BCUT2D eigenvalue weighted by molar-refractivity contribution is -0.172. The van der Waals surface area contributed by atoms with Crippen molar-refractivity contribution in [3.05, 3.63) is 11.9 Å². The number of aliphatic hydroxyl groups excluding tert-OH is 1. The van der Waals surface area contributed by atoms with Gasteiger partial charge in [0.2, 0.25) is 6.79 Å². The number of rotatable bonds is 7. The summed E-state index contributed by atoms with van der Waals surface area (Å²) >= 11 is 0. The fraction of sp³-hybridized carbons (Fsp3) is 0.500. The van der Waals surface area contributed by atoms with Gasteiger partial charge in [0, 0.05) is 19.9 Å². The largest absolute Gasteiger partial charge is 0.428 e. The maximum Gasteiger partial charge on any atom is 0.337 e. The molecule has 0 aliphatic heterocycles. The van der Waals surface area contributed by atoms with Crippen LogP contribution in [0.25, 0.3) is 0 Å². The van der Waals surface area contributed by atoms with Gasteiger partial charge >= 0.3 is 11.9 Å². The first-order chi connectivity index (χ1) is 9.90. The molecular formula is C10H14N4O7. The number of ether oxygens (including phenoxy) is 2. The van der Waals surface area contributed by atoms with E-state index in [9.17, 15) is 19.5 Å². The average Bonchev–Trinajstić information content (AvgIpc) is 2.84. The van der Waals surface area contributed by atoms with Gasteiger partial charge in [-0.15, -0.1) is 5.10 Å². The summed E-state index contributed by atoms with van der Waals surface area (Å²) in [5.41, 5.74) is -0.121. The van der Waals surface area contributed by atoms with E-state index in [0.717, 1.165) is 13.1 Å². The molecule has 0 saturated heterocycles. The summed E-state index contributed by atoms with van der Waals surface area (Å²) < 4.78 is 8.82. The van der Waals surface area contributed by atoms with E-state index in [1.54, 1.807) is 0 Å². The maximum absolute atomic E-state index is 11.5. The van der Waals surface area contributed by atoms with E-state index in [1.165, 1.54) is 0 Å². The molecule has 0 fully saturated rings. The summed E-state index contributed by atoms with van der Waals surface area (Å²) in [6, 6.07) is 0. The van der Waals surface area contributed by atoms with Crippen LogP contribution < -0.4 is 5.32 Å². The molecule has 1 heterocycles. The van der Waals surface area contributed by atoms with Crippen LogP contribution in [-0.4, -0.2) is 62.8 Å². The van der Waals surface area contributed by atoms with Crippen molar-refractivity contribution in [2.75, 3.05) is 13.3 Å². The summed E-state index contributed by atoms with van der Waals surface area (Å²) in [7, 11) is 0. The fourth-order valence-electron chi connectivity index (χ4n) is 1.16. The van der Waals surface area contributed by atoms with Gasteiger partial charge in [0.25, 0.3) is 5.91 Å². The Morgan fingerprint density at radius 2 is 2.14 bits per heavy atom. The molecule has 0 radical (unpaired) electrons. The van der Waals surface area contributed by atoms with Crippen LogP contribution in [0, 0.1) is 0 Å². The summed E-state index contributed by atoms with van der Waals surface area (Å²) in [6.45, 7) is 0.514. The zero-order valence-corrected chi connectivity index (χ0v) is 11.1. The van der Waals surface area contributed by atoms with Gasteiger partial charge in [0.15, 0.2) is 11.8 Å². The van der Waals surface area contributed by atoms with Crippen LogP contribution in [0.5, 0.6) is 0 Å². The van der Waals surface area contributed by atoms with E-state index in [1.807, 2.05) is 0 Å². The van der Waals surface area contributed by atoms with Crippen LogP contribution in [0.2, 0.25) is 0 Å². The Balaban J connectivity index is 2.23. The van der Waals surface area contributed by atoms with Crippen molar-refractivity contribution in [1.29, 1.82) is 0 Å². The van der Waals surface area contributed by atoms with Crippen molar-refractivity contribution in [2.24, 2.45) is 0 Å². The van der Waals surface area contributed by atoms with Gasteiger partial charge in [-0.1, -0.05) is 4.85 Å². The molecule has 1 rings (SSSR count). The van der Waals surface area contributed by atoms with Crippen molar-refractivity contribution in [2.45, 2.75) is 19.4 Å². The van der Waals surface area contributed by atoms with Gasteiger partial charge in [-0.05, 0) is 5.21 Å². The number of carbonyl (C=O) groups is 3. The number of amides is 1. The first-order valence-corrected chi connectivity index (χ1v) is 5.78. The molecule has 0 spiro atoms. The summed E-state index contributed by atoms with van der Waals surface area (Å²) in [6.07, 6.45) is -0.605. The maximum atomic E-state index is 11.5. The normalized spacial score (nSPS) is 11.5. The molecule has 11 nitrogen and oxygen atoms in total. The quantitative estimate of drug-likeness (QED) is 0.296. The van der Waals surface area contributed by atoms with Crippen LogP contribution in [-0.2, 0) is 19.1 Å². The van der Waals surface area contributed by atoms with Crippen molar-refractivity contribution in [1.82, 2.24) is 20.5 Å². The molecule has 11 heteroatoms. The number of hydrogen-bond acceptors (Lipinski definition) is 9. The van der Waals surface area contributed by atoms with Gasteiger partial charge in [-0.2, -0.15) is 0 Å². The third kappa shape index (κ3) is 5.86. The fourth-order valence-corrected chi connectivity index (χ4v) is 1.16. The van der Waals surface area contributed by atoms with Crippen molar-refractivity contribution >= 4 is 17.8 Å². The summed E-state index contributed by atoms with van der Waals surface area (Å²) in [5.74, 6) is -2.23. The SMILES string of the molecule is CC(=O)OCOC(=O)C(O)CCNC(=O)c1cn(O)nn1. The van der Waals surface area contributed by atoms with E-state index < -0.39 is 30.7 Å². The Hall–Kier alpha value is -2.69. The molecule has 1 aromatic rings. The van der Waals surface area contributed by atoms with Gasteiger partial charge < -0.3 is 25.1 Å². The van der Waals surface area contributed by atoms with Crippen molar-refractivity contribution < 1.29 is 34.2 Å². The highest BCUT2D eigenvalue weighted by atomic mass is 16.7. The second-order valence-corrected chi connectivity index (χ2v) is 3.80. The highest BCUT2D eigenvalue weighted by Crippen LogP contribution is 1.96. The summed E-state index contributed by atoms with van der Waals surface area (Å²) in [4.78, 5) is 33.5. The number of aliphatic hydroxyl groups is 1. The Morgan fingerprint density at radius 1 is 1.43 bits per heavy atom. The third-order valence-electron chi connectivity index (χ3n) is 2.15. The van der Waals surface area contributed by atoms with E-state index in [2.05, 4.69) is 25.1 Å². The standard InChI is InChI=1S/C10H14N4O7/c1-6(15)20-5-21-10(18)8(16)2-3-11-9(17)7-4-14(19)13-12-7/h4,8,16,19H,2-3,5H2,1H3,(H,11,17). The highest BCUT2D eigenvalue weighted by molar-refractivity contribution is 5.91. The minimum atomic E-state index is -1.48. The molecule has 1 atom stereocenters. The summed E-state index contributed by atoms with van der Waals surface area (Å²) in [5, 5.41) is 27.1. The molecule has 1 aromatic heterocycles. The highest BCUT2D eigenvalue weighted by Gasteiger charge is 2.18. The monoisotopic (exact) mass is 302 g/mol. The number of esters is 2. The van der Waals surface area contributed by atoms with Gasteiger partial charge in [0.05, 0.1) is 6.20 Å². The smallest absolute Gasteiger partial charge is 0.337 e. The predicted molar refractivity (Wildman–Crippen MR) is 62.9 cm³/mol. The van der Waals surface area contributed by atoms with Crippen LogP contribution >= 0.6 is 0 Å². The van der Waals surface area contributed by atoms with Gasteiger partial charge in [-0.25, -0.2) is 4.79 Å². The van der Waals surface area contributed by atoms with E-state index >= 15 is 0 Å². The first kappa shape index (κ1) is 16.4. The zero-order chi connectivity index (χ0) is 15.8. The number of nitrogens with zero attached hydrogens (tertiary/aromatic N) is 3. The van der Waals surface area contributed by atoms with Gasteiger partial charge in [-0.3, -0.25) is 9.59 Å². The number of nitrogens with one attached hydrogen (secondary N) is 1. The predicted octanol–water partition coefficient (Wildman–Crippen LogP) is -1.94. The molecule has 116 valence electrons. The minimum Gasteiger partial charge on any atom is -0.428 e. The van der Waals surface area contributed by atoms with Crippen LogP contribution in [0.15, 0.2) is 6.20 Å². The average molecular weight is 302 g/mol. The van der Waals surface area contributed by atoms with Crippen LogP contribution in [0.4, 0.5) is 0 Å². The molecular weight excluding hydrogens is 288 g/mol.